The van der Waals surface area contributed by atoms with E-state index in [1.165, 1.54) is 18.3 Å². The van der Waals surface area contributed by atoms with Crippen molar-refractivity contribution in [2.45, 2.75) is 37.0 Å². The highest BCUT2D eigenvalue weighted by molar-refractivity contribution is 7.90. The number of hydrogen-bond donors (Lipinski definition) is 1. The number of aromatic nitrogens is 1. The molecule has 2 fully saturated rings. The van der Waals surface area contributed by atoms with E-state index in [0.717, 1.165) is 12.8 Å². The number of piperidine rings is 1. The summed E-state index contributed by atoms with van der Waals surface area (Å²) >= 11 is 0. The lowest BCUT2D eigenvalue weighted by Crippen LogP contribution is -2.48. The third-order valence-electron chi connectivity index (χ3n) is 5.73. The van der Waals surface area contributed by atoms with Gasteiger partial charge in [-0.1, -0.05) is 12.1 Å². The van der Waals surface area contributed by atoms with Gasteiger partial charge in [0.2, 0.25) is 10.0 Å². The molecule has 2 amide bonds. The number of carbonyl (C=O) groups is 1. The lowest BCUT2D eigenvalue weighted by atomic mass is 10.1. The van der Waals surface area contributed by atoms with E-state index in [-0.39, 0.29) is 23.1 Å². The van der Waals surface area contributed by atoms with Gasteiger partial charge in [-0.15, -0.1) is 0 Å². The van der Waals surface area contributed by atoms with Crippen LogP contribution in [0.4, 0.5) is 14.9 Å². The van der Waals surface area contributed by atoms with Gasteiger partial charge in [-0.3, -0.25) is 4.98 Å². The molecule has 4 rings (SSSR count). The molecule has 1 saturated heterocycles. The van der Waals surface area contributed by atoms with E-state index in [2.05, 4.69) is 10.3 Å². The smallest absolute Gasteiger partial charge is 0.321 e. The molecule has 2 aromatic rings. The minimum Gasteiger partial charge on any atom is -0.325 e. The van der Waals surface area contributed by atoms with Crippen molar-refractivity contribution < 1.29 is 17.6 Å². The highest BCUT2D eigenvalue weighted by Crippen LogP contribution is 2.32. The third-order valence-corrected chi connectivity index (χ3v) is 8.13. The number of urea groups is 1. The van der Waals surface area contributed by atoms with Crippen LogP contribution in [0, 0.1) is 5.82 Å². The van der Waals surface area contributed by atoms with Crippen LogP contribution in [0.15, 0.2) is 42.6 Å². The van der Waals surface area contributed by atoms with Crippen molar-refractivity contribution in [2.75, 3.05) is 25.5 Å². The maximum atomic E-state index is 13.4. The van der Waals surface area contributed by atoms with Crippen molar-refractivity contribution in [3.8, 4) is 11.3 Å². The summed E-state index contributed by atoms with van der Waals surface area (Å²) in [6, 6.07) is 9.35. The maximum absolute atomic E-state index is 13.4. The molecule has 0 radical (unpaired) electrons. The van der Waals surface area contributed by atoms with Crippen LogP contribution >= 0.6 is 0 Å². The van der Waals surface area contributed by atoms with Crippen LogP contribution < -0.4 is 5.32 Å². The molecule has 1 aromatic carbocycles. The van der Waals surface area contributed by atoms with Crippen LogP contribution in [0.2, 0.25) is 0 Å². The van der Waals surface area contributed by atoms with Gasteiger partial charge in [0.05, 0.1) is 22.8 Å². The third kappa shape index (κ3) is 4.46. The van der Waals surface area contributed by atoms with Crippen LogP contribution in [0.5, 0.6) is 0 Å². The van der Waals surface area contributed by atoms with Gasteiger partial charge >= 0.3 is 6.03 Å². The first kappa shape index (κ1) is 20.7. The Bertz CT molecular complexity index is 1020. The number of pyridine rings is 1. The second-order valence-corrected chi connectivity index (χ2v) is 10.1. The molecule has 2 heterocycles. The summed E-state index contributed by atoms with van der Waals surface area (Å²) in [6.07, 6.45) is 4.29. The highest BCUT2D eigenvalue weighted by atomic mass is 32.2. The molecule has 1 N–H and O–H groups in total. The van der Waals surface area contributed by atoms with Crippen molar-refractivity contribution in [1.29, 1.82) is 0 Å². The van der Waals surface area contributed by atoms with Gasteiger partial charge in [0.15, 0.2) is 0 Å². The minimum atomic E-state index is -3.15. The molecule has 1 aromatic heterocycles. The highest BCUT2D eigenvalue weighted by Gasteiger charge is 2.41. The maximum Gasteiger partial charge on any atom is 0.321 e. The normalized spacial score (nSPS) is 18.2. The Morgan fingerprint density at radius 1 is 1.17 bits per heavy atom. The van der Waals surface area contributed by atoms with Crippen molar-refractivity contribution in [3.63, 3.8) is 0 Å². The number of carbonyl (C=O) groups excluding carboxylic acids is 1. The van der Waals surface area contributed by atoms with E-state index in [1.54, 1.807) is 40.5 Å². The van der Waals surface area contributed by atoms with Crippen molar-refractivity contribution in [3.05, 3.63) is 48.4 Å². The second kappa shape index (κ2) is 8.31. The zero-order chi connectivity index (χ0) is 21.3. The Balaban J connectivity index is 1.32. The fraction of sp³-hybridized carbons (Fsp3) is 0.429. The monoisotopic (exact) mass is 432 g/mol. The molecule has 2 aliphatic rings. The van der Waals surface area contributed by atoms with Gasteiger partial charge < -0.3 is 10.2 Å². The number of rotatable bonds is 5. The fourth-order valence-electron chi connectivity index (χ4n) is 3.72. The van der Waals surface area contributed by atoms with Crippen LogP contribution in [0.1, 0.15) is 25.7 Å². The lowest BCUT2D eigenvalue weighted by molar-refractivity contribution is 0.174. The summed E-state index contributed by atoms with van der Waals surface area (Å²) in [5.74, 6) is -0.329. The molecule has 7 nitrogen and oxygen atoms in total. The number of anilines is 1. The number of nitrogens with one attached hydrogen (secondary N) is 1. The quantitative estimate of drug-likeness (QED) is 0.786. The van der Waals surface area contributed by atoms with E-state index in [0.29, 0.717) is 42.9 Å². The summed E-state index contributed by atoms with van der Waals surface area (Å²) in [5.41, 5.74) is 1.82. The van der Waals surface area contributed by atoms with Crippen molar-refractivity contribution >= 4 is 21.7 Å². The Morgan fingerprint density at radius 2 is 1.90 bits per heavy atom. The second-order valence-electron chi connectivity index (χ2n) is 7.86. The van der Waals surface area contributed by atoms with E-state index in [1.807, 2.05) is 0 Å². The molecular weight excluding hydrogens is 407 g/mol. The molecule has 0 spiro atoms. The first-order chi connectivity index (χ1) is 14.3. The van der Waals surface area contributed by atoms with E-state index in [9.17, 15) is 17.6 Å². The van der Waals surface area contributed by atoms with Gasteiger partial charge in [0, 0.05) is 31.7 Å². The standard InChI is InChI=1S/C21H25FN4O3S/c1-25(18-9-11-26(12-10-18)30(28,29)19-6-7-19)21(27)24-17-5-8-20(23-14-17)15-3-2-4-16(22)13-15/h2-5,8,13-14,18-19H,6-7,9-12H2,1H3,(H,24,27). The minimum absolute atomic E-state index is 0.0184. The largest absolute Gasteiger partial charge is 0.325 e. The summed E-state index contributed by atoms with van der Waals surface area (Å²) in [7, 11) is -1.43. The lowest BCUT2D eigenvalue weighted by Gasteiger charge is -2.36. The van der Waals surface area contributed by atoms with E-state index >= 15 is 0 Å². The summed E-state index contributed by atoms with van der Waals surface area (Å²) in [6.45, 7) is 0.899. The number of halogens is 1. The Labute approximate surface area is 176 Å². The molecule has 9 heteroatoms. The predicted octanol–water partition coefficient (Wildman–Crippen LogP) is 3.31. The Hall–Kier alpha value is -2.52. The molecule has 0 bridgehead atoms. The van der Waals surface area contributed by atoms with Gasteiger partial charge in [0.25, 0.3) is 0 Å². The average Bonchev–Trinajstić information content (AvgIpc) is 3.60. The number of nitrogens with zero attached hydrogens (tertiary/aromatic N) is 3. The Kier molecular flexibility index (Phi) is 5.75. The first-order valence-electron chi connectivity index (χ1n) is 10.1. The number of benzene rings is 1. The van der Waals surface area contributed by atoms with Crippen LogP contribution in [0.25, 0.3) is 11.3 Å². The molecule has 0 atom stereocenters. The summed E-state index contributed by atoms with van der Waals surface area (Å²) < 4.78 is 39.7. The Morgan fingerprint density at radius 3 is 2.50 bits per heavy atom. The van der Waals surface area contributed by atoms with Crippen LogP contribution in [0.3, 0.4) is 0 Å². The predicted molar refractivity (Wildman–Crippen MR) is 113 cm³/mol. The summed E-state index contributed by atoms with van der Waals surface area (Å²) in [5, 5.41) is 2.62. The zero-order valence-electron chi connectivity index (χ0n) is 16.8. The zero-order valence-corrected chi connectivity index (χ0v) is 17.6. The van der Waals surface area contributed by atoms with Gasteiger partial charge in [-0.25, -0.2) is 21.9 Å². The van der Waals surface area contributed by atoms with Gasteiger partial charge in [0.1, 0.15) is 5.82 Å². The molecule has 1 saturated carbocycles. The number of hydrogen-bond acceptors (Lipinski definition) is 4. The van der Waals surface area contributed by atoms with E-state index < -0.39 is 10.0 Å². The molecule has 0 unspecified atom stereocenters. The topological polar surface area (TPSA) is 82.6 Å². The number of amides is 2. The average molecular weight is 433 g/mol. The van der Waals surface area contributed by atoms with Crippen LogP contribution in [-0.4, -0.2) is 60.1 Å². The molecule has 1 aliphatic heterocycles. The van der Waals surface area contributed by atoms with Gasteiger partial charge in [-0.05, 0) is 49.9 Å². The molecular formula is C21H25FN4O3S. The molecule has 1 aliphatic carbocycles. The number of sulfonamides is 1. The van der Waals surface area contributed by atoms with Crippen molar-refractivity contribution in [2.24, 2.45) is 0 Å². The first-order valence-corrected chi connectivity index (χ1v) is 11.6. The SMILES string of the molecule is CN(C(=O)Nc1ccc(-c2cccc(F)c2)nc1)C1CCN(S(=O)(=O)C2CC2)CC1. The summed E-state index contributed by atoms with van der Waals surface area (Å²) in [4.78, 5) is 18.5. The molecule has 160 valence electrons. The van der Waals surface area contributed by atoms with Crippen molar-refractivity contribution in [1.82, 2.24) is 14.2 Å². The van der Waals surface area contributed by atoms with Crippen LogP contribution in [-0.2, 0) is 10.0 Å². The molecule has 30 heavy (non-hydrogen) atoms. The van der Waals surface area contributed by atoms with E-state index in [4.69, 9.17) is 0 Å². The van der Waals surface area contributed by atoms with Gasteiger partial charge in [-0.2, -0.15) is 0 Å². The fourth-order valence-corrected chi connectivity index (χ4v) is 5.60.